The van der Waals surface area contributed by atoms with Crippen LogP contribution in [0.15, 0.2) is 6.20 Å². The lowest BCUT2D eigenvalue weighted by atomic mass is 10.1. The first-order valence-electron chi connectivity index (χ1n) is 5.66. The molecule has 1 atom stereocenters. The molecule has 0 aliphatic carbocycles. The molecule has 5 nitrogen and oxygen atoms in total. The Balaban J connectivity index is 1.82. The van der Waals surface area contributed by atoms with Crippen LogP contribution < -0.4 is 11.1 Å². The van der Waals surface area contributed by atoms with E-state index < -0.39 is 0 Å². The molecule has 1 aliphatic heterocycles. The molecule has 1 aromatic rings. The van der Waals surface area contributed by atoms with Crippen LogP contribution >= 0.6 is 0 Å². The number of ether oxygens (including phenoxy) is 1. The Morgan fingerprint density at radius 1 is 1.62 bits per heavy atom. The van der Waals surface area contributed by atoms with Crippen molar-refractivity contribution in [1.29, 1.82) is 0 Å². The average Bonchev–Trinajstić information content (AvgIpc) is 2.76. The molecule has 0 bridgehead atoms. The van der Waals surface area contributed by atoms with Crippen molar-refractivity contribution in [3.8, 4) is 0 Å². The number of hydrogen-bond donors (Lipinski definition) is 2. The largest absolute Gasteiger partial charge is 0.381 e. The van der Waals surface area contributed by atoms with Gasteiger partial charge in [-0.1, -0.05) is 0 Å². The number of nitrogens with zero attached hydrogens (tertiary/aromatic N) is 2. The highest BCUT2D eigenvalue weighted by molar-refractivity contribution is 5.44. The maximum absolute atomic E-state index is 5.54. The second-order valence-corrected chi connectivity index (χ2v) is 4.20. The Morgan fingerprint density at radius 3 is 3.25 bits per heavy atom. The number of nitrogens with one attached hydrogen (secondary N) is 1. The van der Waals surface area contributed by atoms with Crippen molar-refractivity contribution >= 4 is 11.8 Å². The van der Waals surface area contributed by atoms with Crippen LogP contribution in [-0.2, 0) is 4.74 Å². The first kappa shape index (κ1) is 11.1. The van der Waals surface area contributed by atoms with Gasteiger partial charge in [-0.15, -0.1) is 0 Å². The van der Waals surface area contributed by atoms with Gasteiger partial charge in [-0.05, 0) is 25.7 Å². The molecule has 0 amide bonds. The van der Waals surface area contributed by atoms with Gasteiger partial charge in [0.15, 0.2) is 0 Å². The number of nitrogens with two attached hydrogens (primary N) is 1. The maximum atomic E-state index is 5.54. The lowest BCUT2D eigenvalue weighted by Gasteiger charge is -2.10. The van der Waals surface area contributed by atoms with Crippen molar-refractivity contribution in [3.05, 3.63) is 11.8 Å². The zero-order valence-electron chi connectivity index (χ0n) is 9.57. The van der Waals surface area contributed by atoms with E-state index in [0.717, 1.165) is 37.6 Å². The Labute approximate surface area is 95.4 Å². The number of hydrogen-bond acceptors (Lipinski definition) is 5. The highest BCUT2D eigenvalue weighted by Crippen LogP contribution is 2.17. The average molecular weight is 222 g/mol. The number of anilines is 2. The Kier molecular flexibility index (Phi) is 3.56. The molecular formula is C11H18N4O. The van der Waals surface area contributed by atoms with E-state index in [-0.39, 0.29) is 0 Å². The van der Waals surface area contributed by atoms with Crippen LogP contribution in [0.3, 0.4) is 0 Å². The molecule has 2 heterocycles. The molecule has 2 rings (SSSR count). The van der Waals surface area contributed by atoms with Crippen LogP contribution in [0.4, 0.5) is 11.8 Å². The summed E-state index contributed by atoms with van der Waals surface area (Å²) in [4.78, 5) is 8.09. The molecule has 1 unspecified atom stereocenters. The third-order valence-electron chi connectivity index (χ3n) is 2.86. The molecule has 16 heavy (non-hydrogen) atoms. The molecule has 0 saturated carbocycles. The summed E-state index contributed by atoms with van der Waals surface area (Å²) < 4.78 is 5.33. The minimum atomic E-state index is 0.317. The SMILES string of the molecule is Cc1cnc(N)nc1NCCC1CCOC1. The molecule has 1 aliphatic rings. The van der Waals surface area contributed by atoms with E-state index in [2.05, 4.69) is 15.3 Å². The van der Waals surface area contributed by atoms with E-state index in [1.165, 1.54) is 6.42 Å². The Morgan fingerprint density at radius 2 is 2.50 bits per heavy atom. The monoisotopic (exact) mass is 222 g/mol. The molecule has 1 aromatic heterocycles. The number of nitrogen functional groups attached to an aromatic ring is 1. The van der Waals surface area contributed by atoms with E-state index in [9.17, 15) is 0 Å². The lowest BCUT2D eigenvalue weighted by Crippen LogP contribution is -2.11. The van der Waals surface area contributed by atoms with Gasteiger partial charge in [0.1, 0.15) is 5.82 Å². The van der Waals surface area contributed by atoms with E-state index in [1.54, 1.807) is 6.20 Å². The smallest absolute Gasteiger partial charge is 0.221 e. The zero-order valence-corrected chi connectivity index (χ0v) is 9.57. The summed E-state index contributed by atoms with van der Waals surface area (Å²) in [5, 5.41) is 3.29. The van der Waals surface area contributed by atoms with Gasteiger partial charge in [-0.2, -0.15) is 4.98 Å². The fourth-order valence-corrected chi connectivity index (χ4v) is 1.84. The van der Waals surface area contributed by atoms with Gasteiger partial charge in [0.25, 0.3) is 0 Å². The van der Waals surface area contributed by atoms with E-state index >= 15 is 0 Å². The quantitative estimate of drug-likeness (QED) is 0.801. The van der Waals surface area contributed by atoms with Crippen molar-refractivity contribution in [1.82, 2.24) is 9.97 Å². The van der Waals surface area contributed by atoms with Gasteiger partial charge in [-0.3, -0.25) is 0 Å². The molecule has 1 saturated heterocycles. The van der Waals surface area contributed by atoms with Gasteiger partial charge < -0.3 is 15.8 Å². The van der Waals surface area contributed by atoms with E-state index in [0.29, 0.717) is 11.9 Å². The molecule has 3 N–H and O–H groups in total. The molecule has 1 fully saturated rings. The Hall–Kier alpha value is -1.36. The summed E-state index contributed by atoms with van der Waals surface area (Å²) in [5.74, 6) is 1.84. The predicted molar refractivity (Wildman–Crippen MR) is 63.2 cm³/mol. The highest BCUT2D eigenvalue weighted by Gasteiger charge is 2.14. The first-order valence-corrected chi connectivity index (χ1v) is 5.66. The molecular weight excluding hydrogens is 204 g/mol. The molecule has 0 spiro atoms. The van der Waals surface area contributed by atoms with Crippen LogP contribution in [0, 0.1) is 12.8 Å². The normalized spacial score (nSPS) is 19.9. The molecule has 5 heteroatoms. The van der Waals surface area contributed by atoms with E-state index in [4.69, 9.17) is 10.5 Å². The zero-order chi connectivity index (χ0) is 11.4. The van der Waals surface area contributed by atoms with Crippen LogP contribution in [0.2, 0.25) is 0 Å². The first-order chi connectivity index (χ1) is 7.75. The summed E-state index contributed by atoms with van der Waals surface area (Å²) in [6.07, 6.45) is 4.03. The fourth-order valence-electron chi connectivity index (χ4n) is 1.84. The summed E-state index contributed by atoms with van der Waals surface area (Å²) in [5.41, 5.74) is 6.56. The van der Waals surface area contributed by atoms with Gasteiger partial charge in [0.2, 0.25) is 5.95 Å². The predicted octanol–water partition coefficient (Wildman–Crippen LogP) is 1.21. The number of aryl methyl sites for hydroxylation is 1. The standard InChI is InChI=1S/C11H18N4O/c1-8-6-14-11(12)15-10(8)13-4-2-9-3-5-16-7-9/h6,9H,2-5,7H2,1H3,(H3,12,13,14,15). The van der Waals surface area contributed by atoms with E-state index in [1.807, 2.05) is 6.92 Å². The molecule has 88 valence electrons. The van der Waals surface area contributed by atoms with Crippen LogP contribution in [0.1, 0.15) is 18.4 Å². The number of aromatic nitrogens is 2. The summed E-state index contributed by atoms with van der Waals surface area (Å²) in [6, 6.07) is 0. The molecule has 0 radical (unpaired) electrons. The van der Waals surface area contributed by atoms with Gasteiger partial charge in [0.05, 0.1) is 0 Å². The Bertz CT molecular complexity index is 350. The number of rotatable bonds is 4. The van der Waals surface area contributed by atoms with Gasteiger partial charge in [0, 0.05) is 31.5 Å². The fraction of sp³-hybridized carbons (Fsp3) is 0.636. The van der Waals surface area contributed by atoms with Crippen molar-refractivity contribution in [2.45, 2.75) is 19.8 Å². The minimum Gasteiger partial charge on any atom is -0.381 e. The topological polar surface area (TPSA) is 73.1 Å². The lowest BCUT2D eigenvalue weighted by molar-refractivity contribution is 0.185. The maximum Gasteiger partial charge on any atom is 0.221 e. The summed E-state index contributed by atoms with van der Waals surface area (Å²) in [7, 11) is 0. The third-order valence-corrected chi connectivity index (χ3v) is 2.86. The van der Waals surface area contributed by atoms with Gasteiger partial charge in [-0.25, -0.2) is 4.98 Å². The third kappa shape index (κ3) is 2.82. The van der Waals surface area contributed by atoms with Crippen molar-refractivity contribution in [3.63, 3.8) is 0 Å². The van der Waals surface area contributed by atoms with Crippen molar-refractivity contribution < 1.29 is 4.74 Å². The minimum absolute atomic E-state index is 0.317. The van der Waals surface area contributed by atoms with Crippen LogP contribution in [-0.4, -0.2) is 29.7 Å². The van der Waals surface area contributed by atoms with Gasteiger partial charge >= 0.3 is 0 Å². The molecule has 0 aromatic carbocycles. The van der Waals surface area contributed by atoms with Crippen molar-refractivity contribution in [2.24, 2.45) is 5.92 Å². The van der Waals surface area contributed by atoms with Crippen LogP contribution in [0.5, 0.6) is 0 Å². The summed E-state index contributed by atoms with van der Waals surface area (Å²) in [6.45, 7) is 4.68. The second-order valence-electron chi connectivity index (χ2n) is 4.20. The highest BCUT2D eigenvalue weighted by atomic mass is 16.5. The van der Waals surface area contributed by atoms with Crippen molar-refractivity contribution in [2.75, 3.05) is 30.8 Å². The summed E-state index contributed by atoms with van der Waals surface area (Å²) >= 11 is 0. The second kappa shape index (κ2) is 5.12. The van der Waals surface area contributed by atoms with Crippen LogP contribution in [0.25, 0.3) is 0 Å².